The lowest BCUT2D eigenvalue weighted by Gasteiger charge is -2.11. The summed E-state index contributed by atoms with van der Waals surface area (Å²) in [5, 5.41) is 7.00. The molecule has 2 N–H and O–H groups in total. The molecule has 10 heteroatoms. The fourth-order valence-electron chi connectivity index (χ4n) is 3.08. The van der Waals surface area contributed by atoms with E-state index < -0.39 is 9.84 Å². The van der Waals surface area contributed by atoms with E-state index in [1.807, 2.05) is 12.1 Å². The molecule has 0 aliphatic carbocycles. The van der Waals surface area contributed by atoms with E-state index in [9.17, 15) is 13.2 Å². The van der Waals surface area contributed by atoms with E-state index >= 15 is 0 Å². The highest BCUT2D eigenvalue weighted by molar-refractivity contribution is 8.15. The summed E-state index contributed by atoms with van der Waals surface area (Å²) in [7, 11) is -3.00. The van der Waals surface area contributed by atoms with E-state index in [0.29, 0.717) is 28.0 Å². The number of aliphatic imine (C=N–C) groups is 1. The van der Waals surface area contributed by atoms with E-state index in [1.54, 1.807) is 30.6 Å². The van der Waals surface area contributed by atoms with Gasteiger partial charge < -0.3 is 10.6 Å². The van der Waals surface area contributed by atoms with Crippen molar-refractivity contribution < 1.29 is 13.2 Å². The van der Waals surface area contributed by atoms with Gasteiger partial charge in [0.2, 0.25) is 0 Å². The Morgan fingerprint density at radius 2 is 2.14 bits per heavy atom. The number of hydrogen-bond donors (Lipinski definition) is 2. The topological polar surface area (TPSA) is 101 Å². The third kappa shape index (κ3) is 4.31. The average Bonchev–Trinajstić information content (AvgIpc) is 3.15. The van der Waals surface area contributed by atoms with Gasteiger partial charge in [0, 0.05) is 29.8 Å². The average molecular weight is 437 g/mol. The Morgan fingerprint density at radius 3 is 2.89 bits per heavy atom. The maximum Gasteiger partial charge on any atom is 0.251 e. The zero-order valence-electron chi connectivity index (χ0n) is 14.6. The number of nitrogens with zero attached hydrogens (tertiary/aromatic N) is 2. The Kier molecular flexibility index (Phi) is 5.31. The predicted molar refractivity (Wildman–Crippen MR) is 112 cm³/mol. The minimum atomic E-state index is -3.00. The number of carbonyl (C=O) groups is 1. The summed E-state index contributed by atoms with van der Waals surface area (Å²) >= 11 is 7.66. The monoisotopic (exact) mass is 436 g/mol. The molecule has 2 aliphatic rings. The van der Waals surface area contributed by atoms with Gasteiger partial charge in [-0.15, -0.1) is 0 Å². The first-order valence-corrected chi connectivity index (χ1v) is 11.7. The van der Waals surface area contributed by atoms with Crippen LogP contribution in [0.15, 0.2) is 47.7 Å². The Morgan fingerprint density at radius 1 is 1.29 bits per heavy atom. The van der Waals surface area contributed by atoms with Crippen LogP contribution in [-0.4, -0.2) is 47.3 Å². The molecule has 1 aromatic carbocycles. The molecule has 4 rings (SSSR count). The van der Waals surface area contributed by atoms with Gasteiger partial charge in [0.25, 0.3) is 5.91 Å². The first kappa shape index (κ1) is 19.2. The number of pyridine rings is 1. The van der Waals surface area contributed by atoms with Crippen molar-refractivity contribution in [3.05, 3.63) is 58.9 Å². The molecule has 2 atom stereocenters. The van der Waals surface area contributed by atoms with E-state index in [4.69, 9.17) is 11.6 Å². The number of thioether (sulfide) groups is 1. The SMILES string of the molecule is O=C(NCc1cccnc1)c1ccc(Cl)c(NC2=N[C@@H]3CS(=O)(=O)C[C@@H]3S2)c1. The van der Waals surface area contributed by atoms with Gasteiger partial charge in [0.15, 0.2) is 15.0 Å². The summed E-state index contributed by atoms with van der Waals surface area (Å²) in [5.74, 6) is -0.00501. The fraction of sp³-hybridized carbons (Fsp3) is 0.278. The number of hydrogen-bond acceptors (Lipinski definition) is 7. The molecule has 1 aromatic heterocycles. The number of anilines is 1. The molecule has 1 amide bonds. The van der Waals surface area contributed by atoms with Gasteiger partial charge in [-0.1, -0.05) is 29.4 Å². The van der Waals surface area contributed by atoms with E-state index in [1.165, 1.54) is 11.8 Å². The van der Waals surface area contributed by atoms with Crippen LogP contribution < -0.4 is 10.6 Å². The van der Waals surface area contributed by atoms with Crippen LogP contribution >= 0.6 is 23.4 Å². The highest BCUT2D eigenvalue weighted by Crippen LogP contribution is 2.35. The molecule has 3 heterocycles. The van der Waals surface area contributed by atoms with Gasteiger partial charge in [0.05, 0.1) is 28.3 Å². The van der Waals surface area contributed by atoms with E-state index in [0.717, 1.165) is 5.56 Å². The second-order valence-corrected chi connectivity index (χ2v) is 10.4. The lowest BCUT2D eigenvalue weighted by molar-refractivity contribution is 0.0951. The molecule has 0 radical (unpaired) electrons. The molecule has 1 saturated heterocycles. The molecule has 0 spiro atoms. The van der Waals surface area contributed by atoms with Crippen molar-refractivity contribution in [1.29, 1.82) is 0 Å². The van der Waals surface area contributed by atoms with Crippen molar-refractivity contribution in [3.8, 4) is 0 Å². The molecular formula is C18H17ClN4O3S2. The minimum absolute atomic E-state index is 0.0581. The van der Waals surface area contributed by atoms with Crippen molar-refractivity contribution in [2.45, 2.75) is 17.8 Å². The largest absolute Gasteiger partial charge is 0.348 e. The van der Waals surface area contributed by atoms with Crippen LogP contribution in [0.3, 0.4) is 0 Å². The zero-order chi connectivity index (χ0) is 19.7. The molecule has 146 valence electrons. The van der Waals surface area contributed by atoms with Gasteiger partial charge in [-0.25, -0.2) is 8.42 Å². The van der Waals surface area contributed by atoms with Crippen LogP contribution in [0, 0.1) is 0 Å². The van der Waals surface area contributed by atoms with Crippen LogP contribution in [0.5, 0.6) is 0 Å². The normalized spacial score (nSPS) is 22.4. The third-order valence-corrected chi connectivity index (χ3v) is 7.94. The number of amidine groups is 1. The van der Waals surface area contributed by atoms with Gasteiger partial charge in [-0.3, -0.25) is 14.8 Å². The lowest BCUT2D eigenvalue weighted by Crippen LogP contribution is -2.23. The van der Waals surface area contributed by atoms with Crippen molar-refractivity contribution in [1.82, 2.24) is 10.3 Å². The first-order chi connectivity index (χ1) is 13.4. The maximum atomic E-state index is 12.4. The second-order valence-electron chi connectivity index (χ2n) is 6.60. The number of carbonyl (C=O) groups excluding carboxylic acids is 1. The molecule has 0 saturated carbocycles. The van der Waals surface area contributed by atoms with Crippen LogP contribution in [-0.2, 0) is 16.4 Å². The maximum absolute atomic E-state index is 12.4. The Balaban J connectivity index is 1.43. The lowest BCUT2D eigenvalue weighted by atomic mass is 10.2. The van der Waals surface area contributed by atoms with Crippen LogP contribution in [0.4, 0.5) is 5.69 Å². The fourth-order valence-corrected chi connectivity index (χ4v) is 6.91. The highest BCUT2D eigenvalue weighted by Gasteiger charge is 2.42. The molecule has 1 fully saturated rings. The number of rotatable bonds is 4. The summed E-state index contributed by atoms with van der Waals surface area (Å²) in [6.45, 7) is 0.373. The first-order valence-electron chi connectivity index (χ1n) is 8.58. The standard InChI is InChI=1S/C18H17ClN4O3S2/c19-13-4-3-12(17(24)21-8-11-2-1-5-20-7-11)6-14(13)22-18-23-15-9-28(25,26)10-16(15)27-18/h1-7,15-16H,8-10H2,(H,21,24)(H,22,23)/t15-,16+/m1/s1. The van der Waals surface area contributed by atoms with Gasteiger partial charge in [-0.05, 0) is 29.8 Å². The number of amides is 1. The van der Waals surface area contributed by atoms with Crippen molar-refractivity contribution in [2.75, 3.05) is 16.8 Å². The summed E-state index contributed by atoms with van der Waals surface area (Å²) in [4.78, 5) is 20.9. The van der Waals surface area contributed by atoms with Gasteiger partial charge in [0.1, 0.15) is 0 Å². The number of aromatic nitrogens is 1. The van der Waals surface area contributed by atoms with E-state index in [2.05, 4.69) is 20.6 Å². The molecule has 0 bridgehead atoms. The number of benzene rings is 1. The summed E-state index contributed by atoms with van der Waals surface area (Å²) < 4.78 is 23.3. The van der Waals surface area contributed by atoms with Gasteiger partial charge >= 0.3 is 0 Å². The summed E-state index contributed by atoms with van der Waals surface area (Å²) in [6.07, 6.45) is 3.37. The Labute approximate surface area is 171 Å². The third-order valence-electron chi connectivity index (χ3n) is 4.46. The van der Waals surface area contributed by atoms with E-state index in [-0.39, 0.29) is 28.7 Å². The van der Waals surface area contributed by atoms with Crippen LogP contribution in [0.1, 0.15) is 15.9 Å². The highest BCUT2D eigenvalue weighted by atomic mass is 35.5. The molecule has 2 aliphatic heterocycles. The summed E-state index contributed by atoms with van der Waals surface area (Å²) in [5.41, 5.74) is 1.92. The number of halogens is 1. The molecule has 7 nitrogen and oxygen atoms in total. The van der Waals surface area contributed by atoms with Crippen molar-refractivity contribution >= 4 is 50.0 Å². The molecule has 2 aromatic rings. The Hall–Kier alpha value is -2.10. The quantitative estimate of drug-likeness (QED) is 0.763. The number of nitrogens with one attached hydrogen (secondary N) is 2. The van der Waals surface area contributed by atoms with Crippen molar-refractivity contribution in [2.24, 2.45) is 4.99 Å². The van der Waals surface area contributed by atoms with Crippen LogP contribution in [0.2, 0.25) is 5.02 Å². The zero-order valence-corrected chi connectivity index (χ0v) is 17.0. The number of fused-ring (bicyclic) bond motifs is 1. The Bertz CT molecular complexity index is 1040. The predicted octanol–water partition coefficient (Wildman–Crippen LogP) is 2.35. The van der Waals surface area contributed by atoms with Crippen molar-refractivity contribution in [3.63, 3.8) is 0 Å². The second kappa shape index (κ2) is 7.73. The summed E-state index contributed by atoms with van der Waals surface area (Å²) in [6, 6.07) is 8.43. The smallest absolute Gasteiger partial charge is 0.251 e. The van der Waals surface area contributed by atoms with Gasteiger partial charge in [-0.2, -0.15) is 0 Å². The molecule has 0 unspecified atom stereocenters. The molecule has 28 heavy (non-hydrogen) atoms. The number of sulfone groups is 1. The van der Waals surface area contributed by atoms with Crippen LogP contribution in [0.25, 0.3) is 0 Å². The minimum Gasteiger partial charge on any atom is -0.348 e. The molecular weight excluding hydrogens is 420 g/mol.